The van der Waals surface area contributed by atoms with E-state index in [4.69, 9.17) is 16.3 Å². The Morgan fingerprint density at radius 2 is 1.94 bits per heavy atom. The zero-order valence-corrected chi connectivity index (χ0v) is 9.82. The van der Waals surface area contributed by atoms with E-state index >= 15 is 0 Å². The van der Waals surface area contributed by atoms with Crippen LogP contribution in [0.4, 0.5) is 0 Å². The van der Waals surface area contributed by atoms with Gasteiger partial charge in [-0.15, -0.1) is 10.2 Å². The van der Waals surface area contributed by atoms with Crippen LogP contribution in [0.15, 0.2) is 30.3 Å². The third-order valence-corrected chi connectivity index (χ3v) is 2.46. The summed E-state index contributed by atoms with van der Waals surface area (Å²) in [6.45, 7) is 2.02. The highest BCUT2D eigenvalue weighted by atomic mass is 35.5. The van der Waals surface area contributed by atoms with Gasteiger partial charge in [0.05, 0.1) is 12.8 Å². The second-order valence-corrected chi connectivity index (χ2v) is 3.83. The van der Waals surface area contributed by atoms with Gasteiger partial charge >= 0.3 is 0 Å². The van der Waals surface area contributed by atoms with Crippen molar-refractivity contribution in [1.29, 1.82) is 0 Å². The summed E-state index contributed by atoms with van der Waals surface area (Å²) in [5.74, 6) is 0.780. The minimum atomic E-state index is 0.385. The number of rotatable bonds is 2. The molecular formula is C12H11ClN2O. The molecule has 0 bridgehead atoms. The predicted molar refractivity (Wildman–Crippen MR) is 63.8 cm³/mol. The Hall–Kier alpha value is -1.61. The van der Waals surface area contributed by atoms with Crippen LogP contribution in [-0.2, 0) is 0 Å². The lowest BCUT2D eigenvalue weighted by Gasteiger charge is -2.08. The van der Waals surface area contributed by atoms with Crippen molar-refractivity contribution in [2.75, 3.05) is 7.11 Å². The topological polar surface area (TPSA) is 35.0 Å². The smallest absolute Gasteiger partial charge is 0.151 e. The first-order chi connectivity index (χ1) is 7.70. The molecule has 0 atom stereocenters. The first-order valence-corrected chi connectivity index (χ1v) is 5.23. The van der Waals surface area contributed by atoms with Gasteiger partial charge in [0, 0.05) is 5.56 Å². The fourth-order valence-electron chi connectivity index (χ4n) is 1.48. The summed E-state index contributed by atoms with van der Waals surface area (Å²) in [5.41, 5.74) is 2.82. The number of nitrogens with zero attached hydrogens (tertiary/aromatic N) is 2. The molecule has 0 aliphatic heterocycles. The predicted octanol–water partition coefficient (Wildman–Crippen LogP) is 3.11. The lowest BCUT2D eigenvalue weighted by atomic mass is 10.1. The number of aryl methyl sites for hydroxylation is 1. The third kappa shape index (κ3) is 2.14. The van der Waals surface area contributed by atoms with Crippen LogP contribution in [-0.4, -0.2) is 17.3 Å². The molecule has 0 N–H and O–H groups in total. The van der Waals surface area contributed by atoms with Gasteiger partial charge in [-0.1, -0.05) is 23.2 Å². The van der Waals surface area contributed by atoms with E-state index in [9.17, 15) is 0 Å². The maximum atomic E-state index is 5.70. The Kier molecular flexibility index (Phi) is 3.06. The minimum Gasteiger partial charge on any atom is -0.496 e. The molecule has 82 valence electrons. The molecule has 0 aliphatic rings. The van der Waals surface area contributed by atoms with E-state index in [1.165, 1.54) is 0 Å². The zero-order valence-electron chi connectivity index (χ0n) is 9.07. The molecule has 2 rings (SSSR count). The van der Waals surface area contributed by atoms with E-state index in [-0.39, 0.29) is 0 Å². The van der Waals surface area contributed by atoms with Crippen LogP contribution in [0.5, 0.6) is 5.75 Å². The van der Waals surface area contributed by atoms with E-state index in [0.717, 1.165) is 22.6 Å². The molecule has 0 aliphatic carbocycles. The number of benzene rings is 1. The summed E-state index contributed by atoms with van der Waals surface area (Å²) < 4.78 is 5.28. The summed E-state index contributed by atoms with van der Waals surface area (Å²) >= 11 is 5.70. The Morgan fingerprint density at radius 1 is 1.12 bits per heavy atom. The number of ether oxygens (including phenoxy) is 1. The molecule has 1 heterocycles. The summed E-state index contributed by atoms with van der Waals surface area (Å²) in [7, 11) is 1.64. The fraction of sp³-hybridized carbons (Fsp3) is 0.167. The van der Waals surface area contributed by atoms with Crippen LogP contribution in [0.1, 0.15) is 5.56 Å². The van der Waals surface area contributed by atoms with E-state index < -0.39 is 0 Å². The molecule has 0 unspecified atom stereocenters. The SMILES string of the molecule is COc1ccc(C)cc1-c1ccc(Cl)nn1. The molecule has 0 saturated carbocycles. The van der Waals surface area contributed by atoms with Gasteiger partial charge in [0.25, 0.3) is 0 Å². The van der Waals surface area contributed by atoms with Gasteiger partial charge in [0.2, 0.25) is 0 Å². The van der Waals surface area contributed by atoms with E-state index in [1.54, 1.807) is 13.2 Å². The van der Waals surface area contributed by atoms with Crippen molar-refractivity contribution < 1.29 is 4.74 Å². The van der Waals surface area contributed by atoms with Gasteiger partial charge in [0.1, 0.15) is 5.75 Å². The second-order valence-electron chi connectivity index (χ2n) is 3.45. The van der Waals surface area contributed by atoms with Gasteiger partial charge in [-0.05, 0) is 31.2 Å². The van der Waals surface area contributed by atoms with Crippen LogP contribution < -0.4 is 4.74 Å². The molecular weight excluding hydrogens is 224 g/mol. The second kappa shape index (κ2) is 4.49. The highest BCUT2D eigenvalue weighted by Crippen LogP contribution is 2.29. The lowest BCUT2D eigenvalue weighted by molar-refractivity contribution is 0.416. The van der Waals surface area contributed by atoms with Crippen molar-refractivity contribution >= 4 is 11.6 Å². The van der Waals surface area contributed by atoms with Crippen molar-refractivity contribution in [3.63, 3.8) is 0 Å². The Labute approximate surface area is 99.0 Å². The van der Waals surface area contributed by atoms with Gasteiger partial charge in [-0.25, -0.2) is 0 Å². The number of methoxy groups -OCH3 is 1. The summed E-state index contributed by atoms with van der Waals surface area (Å²) in [6, 6.07) is 9.46. The third-order valence-electron chi connectivity index (χ3n) is 2.26. The van der Waals surface area contributed by atoms with Crippen molar-refractivity contribution in [3.8, 4) is 17.0 Å². The highest BCUT2D eigenvalue weighted by Gasteiger charge is 2.07. The highest BCUT2D eigenvalue weighted by molar-refractivity contribution is 6.29. The monoisotopic (exact) mass is 234 g/mol. The average molecular weight is 235 g/mol. The normalized spacial score (nSPS) is 10.2. The Balaban J connectivity index is 2.53. The van der Waals surface area contributed by atoms with Crippen molar-refractivity contribution in [2.45, 2.75) is 6.92 Å². The first-order valence-electron chi connectivity index (χ1n) is 4.85. The maximum Gasteiger partial charge on any atom is 0.151 e. The number of hydrogen-bond donors (Lipinski definition) is 0. The Morgan fingerprint density at radius 3 is 2.56 bits per heavy atom. The minimum absolute atomic E-state index is 0.385. The lowest BCUT2D eigenvalue weighted by Crippen LogP contribution is -1.92. The quantitative estimate of drug-likeness (QED) is 0.801. The average Bonchev–Trinajstić information content (AvgIpc) is 2.30. The van der Waals surface area contributed by atoms with Crippen molar-refractivity contribution in [3.05, 3.63) is 41.0 Å². The summed E-state index contributed by atoms with van der Waals surface area (Å²) in [6.07, 6.45) is 0. The van der Waals surface area contributed by atoms with Crippen LogP contribution in [0.25, 0.3) is 11.3 Å². The van der Waals surface area contributed by atoms with Crippen LogP contribution >= 0.6 is 11.6 Å². The maximum absolute atomic E-state index is 5.70. The van der Waals surface area contributed by atoms with Crippen LogP contribution in [0, 0.1) is 6.92 Å². The van der Waals surface area contributed by atoms with Gasteiger partial charge in [-0.2, -0.15) is 0 Å². The molecule has 0 saturated heterocycles. The molecule has 0 amide bonds. The van der Waals surface area contributed by atoms with Crippen molar-refractivity contribution in [2.24, 2.45) is 0 Å². The van der Waals surface area contributed by atoms with E-state index in [0.29, 0.717) is 5.15 Å². The molecule has 0 spiro atoms. The number of aromatic nitrogens is 2. The zero-order chi connectivity index (χ0) is 11.5. The van der Waals surface area contributed by atoms with E-state index in [2.05, 4.69) is 10.2 Å². The first kappa shape index (κ1) is 10.9. The van der Waals surface area contributed by atoms with Crippen molar-refractivity contribution in [1.82, 2.24) is 10.2 Å². The Bertz CT molecular complexity index is 497. The molecule has 1 aromatic heterocycles. The molecule has 4 heteroatoms. The summed E-state index contributed by atoms with van der Waals surface area (Å²) in [5, 5.41) is 8.24. The van der Waals surface area contributed by atoms with E-state index in [1.807, 2.05) is 31.2 Å². The number of hydrogen-bond acceptors (Lipinski definition) is 3. The molecule has 1 aromatic carbocycles. The van der Waals surface area contributed by atoms with Gasteiger partial charge in [0.15, 0.2) is 5.15 Å². The fourth-order valence-corrected chi connectivity index (χ4v) is 1.58. The summed E-state index contributed by atoms with van der Waals surface area (Å²) in [4.78, 5) is 0. The molecule has 0 fully saturated rings. The molecule has 16 heavy (non-hydrogen) atoms. The molecule has 2 aromatic rings. The van der Waals surface area contributed by atoms with Crippen LogP contribution in [0.3, 0.4) is 0 Å². The molecule has 0 radical (unpaired) electrons. The molecule has 3 nitrogen and oxygen atoms in total. The van der Waals surface area contributed by atoms with Gasteiger partial charge in [-0.3, -0.25) is 0 Å². The van der Waals surface area contributed by atoms with Crippen LogP contribution in [0.2, 0.25) is 5.15 Å². The largest absolute Gasteiger partial charge is 0.496 e. The standard InChI is InChI=1S/C12H11ClN2O/c1-8-3-5-11(16-2)9(7-8)10-4-6-12(13)15-14-10/h3-7H,1-2H3. The number of halogens is 1. The van der Waals surface area contributed by atoms with Gasteiger partial charge < -0.3 is 4.74 Å².